The number of para-hydroxylation sites is 2. The van der Waals surface area contributed by atoms with Gasteiger partial charge in [-0.25, -0.2) is 0 Å². The minimum Gasteiger partial charge on any atom is -0.314 e. The summed E-state index contributed by atoms with van der Waals surface area (Å²) in [6, 6.07) is 16.7. The van der Waals surface area contributed by atoms with Gasteiger partial charge in [0.15, 0.2) is 0 Å². The topological polar surface area (TPSA) is 28.2 Å². The molecule has 0 aliphatic rings. The molecule has 2 nitrogen and oxygen atoms in total. The van der Waals surface area contributed by atoms with Crippen molar-refractivity contribution in [3.8, 4) is 6.07 Å². The molecule has 78 valence electrons. The first kappa shape index (κ1) is 8.60. The quantitative estimate of drug-likeness (QED) is 0.441. The largest absolute Gasteiger partial charge is 0.314 e. The van der Waals surface area contributed by atoms with Crippen LogP contribution in [0.4, 0.5) is 0 Å². The zero-order valence-corrected chi connectivity index (χ0v) is 9.01. The van der Waals surface area contributed by atoms with E-state index < -0.39 is 0 Å². The van der Waals surface area contributed by atoms with Gasteiger partial charge < -0.3 is 4.40 Å². The Kier molecular flexibility index (Phi) is 1.40. The first-order valence-electron chi connectivity index (χ1n) is 5.54. The molecule has 0 bridgehead atoms. The van der Waals surface area contributed by atoms with E-state index in [-0.39, 0.29) is 0 Å². The summed E-state index contributed by atoms with van der Waals surface area (Å²) < 4.78 is 2.12. The third-order valence-corrected chi connectivity index (χ3v) is 3.40. The maximum absolute atomic E-state index is 9.15. The van der Waals surface area contributed by atoms with Crippen LogP contribution < -0.4 is 0 Å². The van der Waals surface area contributed by atoms with Crippen LogP contribution in [0.25, 0.3) is 27.2 Å². The standard InChI is InChI=1S/C15H8N2/c16-8-10-9-17-14-7-2-1-4-12(14)13-6-3-5-11(10)15(13)17/h1-7,9H. The van der Waals surface area contributed by atoms with Crippen LogP contribution in [0.2, 0.25) is 0 Å². The molecule has 2 aromatic heterocycles. The second-order valence-corrected chi connectivity index (χ2v) is 4.24. The van der Waals surface area contributed by atoms with Crippen molar-refractivity contribution < 1.29 is 0 Å². The van der Waals surface area contributed by atoms with Crippen LogP contribution in [-0.2, 0) is 0 Å². The Labute approximate surface area is 97.6 Å². The lowest BCUT2D eigenvalue weighted by Gasteiger charge is -1.91. The van der Waals surface area contributed by atoms with Crippen LogP contribution in [0.5, 0.6) is 0 Å². The molecule has 0 radical (unpaired) electrons. The molecule has 4 rings (SSSR count). The van der Waals surface area contributed by atoms with Gasteiger partial charge >= 0.3 is 0 Å². The average Bonchev–Trinajstić information content (AvgIpc) is 2.91. The van der Waals surface area contributed by atoms with E-state index in [0.29, 0.717) is 0 Å². The van der Waals surface area contributed by atoms with E-state index in [0.717, 1.165) is 16.5 Å². The Bertz CT molecular complexity index is 893. The van der Waals surface area contributed by atoms with Crippen molar-refractivity contribution in [1.29, 1.82) is 5.26 Å². The fraction of sp³-hybridized carbons (Fsp3) is 0. The molecule has 0 unspecified atom stereocenters. The molecule has 0 N–H and O–H groups in total. The minimum absolute atomic E-state index is 0.747. The first-order valence-corrected chi connectivity index (χ1v) is 5.54. The van der Waals surface area contributed by atoms with Crippen molar-refractivity contribution in [3.63, 3.8) is 0 Å². The summed E-state index contributed by atoms with van der Waals surface area (Å²) >= 11 is 0. The Morgan fingerprint density at radius 3 is 2.53 bits per heavy atom. The molecule has 2 heterocycles. The van der Waals surface area contributed by atoms with Crippen LogP contribution >= 0.6 is 0 Å². The predicted molar refractivity (Wildman–Crippen MR) is 68.3 cm³/mol. The van der Waals surface area contributed by atoms with Gasteiger partial charge in [-0.1, -0.05) is 36.4 Å². The Hall–Kier alpha value is -2.53. The maximum Gasteiger partial charge on any atom is 0.101 e. The van der Waals surface area contributed by atoms with E-state index in [2.05, 4.69) is 34.7 Å². The molecule has 0 amide bonds. The van der Waals surface area contributed by atoms with E-state index in [4.69, 9.17) is 5.26 Å². The molecular weight excluding hydrogens is 208 g/mol. The molecule has 2 heteroatoms. The highest BCUT2D eigenvalue weighted by molar-refractivity contribution is 6.15. The van der Waals surface area contributed by atoms with Crippen LogP contribution in [0.15, 0.2) is 48.7 Å². The molecule has 0 fully saturated rings. The Balaban J connectivity index is 2.46. The highest BCUT2D eigenvalue weighted by Gasteiger charge is 2.14. The summed E-state index contributed by atoms with van der Waals surface area (Å²) in [4.78, 5) is 0. The van der Waals surface area contributed by atoms with Gasteiger partial charge in [0.2, 0.25) is 0 Å². The predicted octanol–water partition coefficient (Wildman–Crippen LogP) is 3.56. The normalized spacial score (nSPS) is 11.5. The second-order valence-electron chi connectivity index (χ2n) is 4.24. The highest BCUT2D eigenvalue weighted by atomic mass is 14.9. The van der Waals surface area contributed by atoms with Gasteiger partial charge in [0, 0.05) is 22.4 Å². The van der Waals surface area contributed by atoms with E-state index >= 15 is 0 Å². The number of hydrogen-bond acceptors (Lipinski definition) is 1. The van der Waals surface area contributed by atoms with Crippen LogP contribution in [0, 0.1) is 11.3 Å². The van der Waals surface area contributed by atoms with Gasteiger partial charge in [-0.3, -0.25) is 0 Å². The highest BCUT2D eigenvalue weighted by Crippen LogP contribution is 2.34. The van der Waals surface area contributed by atoms with E-state index in [9.17, 15) is 0 Å². The summed E-state index contributed by atoms with van der Waals surface area (Å²) in [7, 11) is 0. The van der Waals surface area contributed by atoms with Crippen molar-refractivity contribution >= 4 is 27.2 Å². The van der Waals surface area contributed by atoms with Gasteiger partial charge in [0.1, 0.15) is 6.07 Å². The fourth-order valence-electron chi connectivity index (χ4n) is 2.69. The molecule has 2 aromatic carbocycles. The lowest BCUT2D eigenvalue weighted by molar-refractivity contribution is 1.29. The number of aromatic nitrogens is 1. The maximum atomic E-state index is 9.15. The van der Waals surface area contributed by atoms with Crippen molar-refractivity contribution in [1.82, 2.24) is 4.40 Å². The third kappa shape index (κ3) is 0.896. The van der Waals surface area contributed by atoms with Crippen molar-refractivity contribution in [2.24, 2.45) is 0 Å². The number of fused-ring (bicyclic) bond motifs is 3. The van der Waals surface area contributed by atoms with Crippen molar-refractivity contribution in [2.75, 3.05) is 0 Å². The average molecular weight is 216 g/mol. The van der Waals surface area contributed by atoms with Gasteiger partial charge in [0.25, 0.3) is 0 Å². The minimum atomic E-state index is 0.747. The molecule has 0 aliphatic heterocycles. The Morgan fingerprint density at radius 2 is 1.65 bits per heavy atom. The molecule has 4 aromatic rings. The summed E-state index contributed by atoms with van der Waals surface area (Å²) in [5.74, 6) is 0. The molecule has 0 spiro atoms. The number of hydrogen-bond donors (Lipinski definition) is 0. The Morgan fingerprint density at radius 1 is 0.882 bits per heavy atom. The SMILES string of the molecule is N#Cc1cn2c3ccccc3c3cccc1c32. The molecule has 0 atom stereocenters. The summed E-state index contributed by atoms with van der Waals surface area (Å²) in [6.07, 6.45) is 1.93. The summed E-state index contributed by atoms with van der Waals surface area (Å²) in [5.41, 5.74) is 3.07. The number of rotatable bonds is 0. The smallest absolute Gasteiger partial charge is 0.101 e. The van der Waals surface area contributed by atoms with E-state index in [1.54, 1.807) is 0 Å². The van der Waals surface area contributed by atoms with Gasteiger partial charge in [0.05, 0.1) is 16.6 Å². The first-order chi connectivity index (χ1) is 8.40. The molecule has 0 saturated carbocycles. The monoisotopic (exact) mass is 216 g/mol. The second kappa shape index (κ2) is 2.78. The van der Waals surface area contributed by atoms with Crippen LogP contribution in [0.3, 0.4) is 0 Å². The molecule has 17 heavy (non-hydrogen) atoms. The van der Waals surface area contributed by atoms with Gasteiger partial charge in [-0.05, 0) is 6.07 Å². The lowest BCUT2D eigenvalue weighted by Crippen LogP contribution is -1.74. The van der Waals surface area contributed by atoms with Gasteiger partial charge in [-0.2, -0.15) is 5.26 Å². The molecule has 0 aliphatic carbocycles. The zero-order chi connectivity index (χ0) is 11.4. The van der Waals surface area contributed by atoms with Crippen LogP contribution in [0.1, 0.15) is 5.56 Å². The third-order valence-electron chi connectivity index (χ3n) is 3.40. The molecular formula is C15H8N2. The summed E-state index contributed by atoms with van der Waals surface area (Å²) in [6.45, 7) is 0. The van der Waals surface area contributed by atoms with E-state index in [1.165, 1.54) is 16.3 Å². The van der Waals surface area contributed by atoms with Crippen molar-refractivity contribution in [3.05, 3.63) is 54.2 Å². The molecule has 0 saturated heterocycles. The van der Waals surface area contributed by atoms with Gasteiger partial charge in [-0.15, -0.1) is 0 Å². The lowest BCUT2D eigenvalue weighted by atomic mass is 10.1. The number of nitrogens with zero attached hydrogens (tertiary/aromatic N) is 2. The number of nitriles is 1. The summed E-state index contributed by atoms with van der Waals surface area (Å²) in [5, 5.41) is 12.7. The fourth-order valence-corrected chi connectivity index (χ4v) is 2.69. The number of benzene rings is 2. The van der Waals surface area contributed by atoms with Crippen molar-refractivity contribution in [2.45, 2.75) is 0 Å². The van der Waals surface area contributed by atoms with Crippen LogP contribution in [-0.4, -0.2) is 4.40 Å². The van der Waals surface area contributed by atoms with E-state index in [1.807, 2.05) is 24.4 Å². The zero-order valence-electron chi connectivity index (χ0n) is 9.01.